The molecule has 0 aliphatic heterocycles. The topological polar surface area (TPSA) is 44.0 Å². The number of halogens is 2. The van der Waals surface area contributed by atoms with Crippen LogP contribution in [0, 0.1) is 11.3 Å². The van der Waals surface area contributed by atoms with Crippen LogP contribution in [-0.4, -0.2) is 5.11 Å². The summed E-state index contributed by atoms with van der Waals surface area (Å²) in [5.74, 6) is -0.185. The third kappa shape index (κ3) is 2.15. The molecule has 1 N–H and O–H groups in total. The second kappa shape index (κ2) is 4.18. The molecule has 13 heavy (non-hydrogen) atoms. The van der Waals surface area contributed by atoms with Crippen LogP contribution in [0.25, 0.3) is 5.76 Å². The predicted molar refractivity (Wildman–Crippen MR) is 52.7 cm³/mol. The van der Waals surface area contributed by atoms with E-state index >= 15 is 0 Å². The summed E-state index contributed by atoms with van der Waals surface area (Å²) in [6, 6.07) is 6.53. The molecule has 0 amide bonds. The minimum Gasteiger partial charge on any atom is -0.507 e. The number of nitrogens with zero attached hydrogens (tertiary/aromatic N) is 1. The molecule has 0 radical (unpaired) electrons. The van der Waals surface area contributed by atoms with Crippen molar-refractivity contribution in [3.05, 3.63) is 39.9 Å². The Hall–Kier alpha value is -1.17. The summed E-state index contributed by atoms with van der Waals surface area (Å²) in [5, 5.41) is 18.2. The maximum absolute atomic E-state index is 9.32. The molecule has 0 fully saturated rings. The molecule has 1 aromatic rings. The van der Waals surface area contributed by atoms with E-state index in [0.717, 1.165) is 6.08 Å². The number of aliphatic hydroxyl groups is 1. The molecule has 0 aromatic heterocycles. The number of aliphatic hydroxyl groups excluding tert-OH is 1. The zero-order valence-corrected chi connectivity index (χ0v) is 7.97. The average molecular weight is 214 g/mol. The number of hydrogen-bond acceptors (Lipinski definition) is 2. The molecule has 0 saturated carbocycles. The van der Waals surface area contributed by atoms with Crippen LogP contribution < -0.4 is 0 Å². The Morgan fingerprint density at radius 1 is 1.46 bits per heavy atom. The van der Waals surface area contributed by atoms with Crippen molar-refractivity contribution in [1.29, 1.82) is 5.26 Å². The quantitative estimate of drug-likeness (QED) is 0.574. The lowest BCUT2D eigenvalue weighted by Gasteiger charge is -2.02. The van der Waals surface area contributed by atoms with Gasteiger partial charge in [0.1, 0.15) is 5.76 Å². The second-order valence-corrected chi connectivity index (χ2v) is 3.05. The fourth-order valence-corrected chi connectivity index (χ4v) is 1.24. The van der Waals surface area contributed by atoms with Gasteiger partial charge in [-0.3, -0.25) is 0 Å². The Morgan fingerprint density at radius 2 is 2.15 bits per heavy atom. The average Bonchev–Trinajstić information content (AvgIpc) is 2.10. The highest BCUT2D eigenvalue weighted by atomic mass is 35.5. The zero-order chi connectivity index (χ0) is 9.84. The van der Waals surface area contributed by atoms with Gasteiger partial charge in [0.05, 0.1) is 22.2 Å². The second-order valence-electron chi connectivity index (χ2n) is 2.26. The lowest BCUT2D eigenvalue weighted by Crippen LogP contribution is -1.84. The maximum Gasteiger partial charge on any atom is 0.134 e. The molecule has 66 valence electrons. The van der Waals surface area contributed by atoms with E-state index in [2.05, 4.69) is 0 Å². The van der Waals surface area contributed by atoms with Crippen molar-refractivity contribution in [3.63, 3.8) is 0 Å². The van der Waals surface area contributed by atoms with Crippen LogP contribution in [0.4, 0.5) is 0 Å². The first-order valence-corrected chi connectivity index (χ1v) is 4.15. The first kappa shape index (κ1) is 9.91. The Labute approximate surface area is 85.6 Å². The van der Waals surface area contributed by atoms with Crippen LogP contribution in [0.2, 0.25) is 10.0 Å². The standard InChI is InChI=1S/C9H5Cl2NO/c10-7-3-1-2-6(9(7)11)8(13)4-5-12/h1-4,13H. The zero-order valence-electron chi connectivity index (χ0n) is 6.46. The summed E-state index contributed by atoms with van der Waals surface area (Å²) < 4.78 is 0. The highest BCUT2D eigenvalue weighted by Gasteiger charge is 2.07. The molecule has 0 bridgehead atoms. The van der Waals surface area contributed by atoms with Gasteiger partial charge in [-0.05, 0) is 12.1 Å². The third-order valence-corrected chi connectivity index (χ3v) is 2.25. The number of benzene rings is 1. The van der Waals surface area contributed by atoms with Crippen molar-refractivity contribution in [2.24, 2.45) is 0 Å². The third-order valence-electron chi connectivity index (χ3n) is 1.43. The summed E-state index contributed by atoms with van der Waals surface area (Å²) in [6.45, 7) is 0. The summed E-state index contributed by atoms with van der Waals surface area (Å²) in [5.41, 5.74) is 0.357. The number of nitriles is 1. The predicted octanol–water partition coefficient (Wildman–Crippen LogP) is 3.42. The van der Waals surface area contributed by atoms with E-state index in [9.17, 15) is 5.11 Å². The van der Waals surface area contributed by atoms with E-state index in [1.54, 1.807) is 24.3 Å². The van der Waals surface area contributed by atoms with Crippen LogP contribution in [0.1, 0.15) is 5.56 Å². The summed E-state index contributed by atoms with van der Waals surface area (Å²) in [4.78, 5) is 0. The first-order chi connectivity index (χ1) is 6.16. The van der Waals surface area contributed by atoms with E-state index in [0.29, 0.717) is 10.6 Å². The Kier molecular flexibility index (Phi) is 3.18. The van der Waals surface area contributed by atoms with Crippen LogP contribution in [0.15, 0.2) is 24.3 Å². The lowest BCUT2D eigenvalue weighted by molar-refractivity contribution is 0.512. The summed E-state index contributed by atoms with van der Waals surface area (Å²) in [6.07, 6.45) is 0.998. The first-order valence-electron chi connectivity index (χ1n) is 3.40. The van der Waals surface area contributed by atoms with Crippen molar-refractivity contribution in [2.75, 3.05) is 0 Å². The van der Waals surface area contributed by atoms with Gasteiger partial charge < -0.3 is 5.11 Å². The minimum atomic E-state index is -0.185. The molecule has 0 unspecified atom stereocenters. The van der Waals surface area contributed by atoms with E-state index in [1.807, 2.05) is 0 Å². The smallest absolute Gasteiger partial charge is 0.134 e. The monoisotopic (exact) mass is 213 g/mol. The van der Waals surface area contributed by atoms with E-state index < -0.39 is 0 Å². The van der Waals surface area contributed by atoms with Gasteiger partial charge in [0.2, 0.25) is 0 Å². The molecule has 0 spiro atoms. The largest absolute Gasteiger partial charge is 0.507 e. The van der Waals surface area contributed by atoms with Crippen molar-refractivity contribution in [1.82, 2.24) is 0 Å². The highest BCUT2D eigenvalue weighted by Crippen LogP contribution is 2.29. The van der Waals surface area contributed by atoms with E-state index in [1.165, 1.54) is 0 Å². The fourth-order valence-electron chi connectivity index (χ4n) is 0.841. The van der Waals surface area contributed by atoms with E-state index in [-0.39, 0.29) is 10.8 Å². The number of allylic oxidation sites excluding steroid dienone is 1. The molecule has 2 nitrogen and oxygen atoms in total. The van der Waals surface area contributed by atoms with Crippen molar-refractivity contribution in [2.45, 2.75) is 0 Å². The normalized spacial score (nSPS) is 11.0. The van der Waals surface area contributed by atoms with Crippen LogP contribution in [-0.2, 0) is 0 Å². The van der Waals surface area contributed by atoms with Crippen LogP contribution in [0.3, 0.4) is 0 Å². The van der Waals surface area contributed by atoms with Crippen LogP contribution in [0.5, 0.6) is 0 Å². The maximum atomic E-state index is 9.32. The number of hydrogen-bond donors (Lipinski definition) is 1. The summed E-state index contributed by atoms with van der Waals surface area (Å²) in [7, 11) is 0. The lowest BCUT2D eigenvalue weighted by atomic mass is 10.2. The minimum absolute atomic E-state index is 0.185. The van der Waals surface area contributed by atoms with Crippen molar-refractivity contribution in [3.8, 4) is 6.07 Å². The van der Waals surface area contributed by atoms with Crippen LogP contribution >= 0.6 is 23.2 Å². The molecule has 0 saturated heterocycles. The van der Waals surface area contributed by atoms with Gasteiger partial charge in [-0.25, -0.2) is 0 Å². The van der Waals surface area contributed by atoms with Gasteiger partial charge >= 0.3 is 0 Å². The molecular weight excluding hydrogens is 209 g/mol. The van der Waals surface area contributed by atoms with Gasteiger partial charge in [0.15, 0.2) is 0 Å². The number of rotatable bonds is 1. The van der Waals surface area contributed by atoms with Gasteiger partial charge in [0, 0.05) is 5.56 Å². The van der Waals surface area contributed by atoms with Gasteiger partial charge in [-0.1, -0.05) is 29.3 Å². The van der Waals surface area contributed by atoms with Crippen molar-refractivity contribution < 1.29 is 5.11 Å². The van der Waals surface area contributed by atoms with Gasteiger partial charge in [0.25, 0.3) is 0 Å². The fraction of sp³-hybridized carbons (Fsp3) is 0. The Morgan fingerprint density at radius 3 is 2.77 bits per heavy atom. The van der Waals surface area contributed by atoms with Gasteiger partial charge in [-0.2, -0.15) is 5.26 Å². The highest BCUT2D eigenvalue weighted by molar-refractivity contribution is 6.43. The molecule has 0 atom stereocenters. The molecule has 1 rings (SSSR count). The molecule has 0 aliphatic rings. The van der Waals surface area contributed by atoms with Crippen molar-refractivity contribution >= 4 is 29.0 Å². The Bertz CT molecular complexity index is 393. The SMILES string of the molecule is N#CC=C(O)c1cccc(Cl)c1Cl. The molecular formula is C9H5Cl2NO. The molecule has 4 heteroatoms. The summed E-state index contributed by atoms with van der Waals surface area (Å²) >= 11 is 11.5. The molecule has 0 heterocycles. The molecule has 1 aromatic carbocycles. The van der Waals surface area contributed by atoms with Gasteiger partial charge in [-0.15, -0.1) is 0 Å². The molecule has 0 aliphatic carbocycles. The Balaban J connectivity index is 3.25. The van der Waals surface area contributed by atoms with E-state index in [4.69, 9.17) is 28.5 Å².